The third-order valence-corrected chi connectivity index (χ3v) is 6.43. The molecule has 0 amide bonds. The summed E-state index contributed by atoms with van der Waals surface area (Å²) in [5.74, 6) is 0. The van der Waals surface area contributed by atoms with E-state index in [1.807, 2.05) is 6.07 Å². The Morgan fingerprint density at radius 2 is 1.34 bits per heavy atom. The van der Waals surface area contributed by atoms with E-state index >= 15 is 0 Å². The molecule has 0 fully saturated rings. The molecule has 0 saturated carbocycles. The number of para-hydroxylation sites is 2. The Balaban J connectivity index is 1.30. The standard InChI is InChI=1S/C34H31N/c1-3-15-30(16-4-1)31-17-8-7-12-27(22-23-31)24-28-13-11-14-29(25-28)26-32-18-9-10-21-34(32)35-33-19-5-2-6-20-33/h1-7,9-22,25,35H,8,23-24,26H2/b12-7-,27-22+,31-17+. The second-order valence-electron chi connectivity index (χ2n) is 9.04. The van der Waals surface area contributed by atoms with Gasteiger partial charge in [-0.3, -0.25) is 0 Å². The summed E-state index contributed by atoms with van der Waals surface area (Å²) in [6.07, 6.45) is 13.1. The molecule has 35 heavy (non-hydrogen) atoms. The molecule has 0 atom stereocenters. The van der Waals surface area contributed by atoms with Crippen molar-refractivity contribution in [1.29, 1.82) is 0 Å². The van der Waals surface area contributed by atoms with Crippen LogP contribution in [-0.2, 0) is 12.8 Å². The van der Waals surface area contributed by atoms with Gasteiger partial charge in [0.25, 0.3) is 0 Å². The zero-order valence-electron chi connectivity index (χ0n) is 20.0. The molecule has 1 N–H and O–H groups in total. The van der Waals surface area contributed by atoms with Crippen LogP contribution in [0.25, 0.3) is 5.57 Å². The third kappa shape index (κ3) is 6.28. The van der Waals surface area contributed by atoms with Gasteiger partial charge in [0.05, 0.1) is 0 Å². The number of benzene rings is 4. The van der Waals surface area contributed by atoms with Crippen LogP contribution in [0.2, 0.25) is 0 Å². The van der Waals surface area contributed by atoms with Gasteiger partial charge in [0.1, 0.15) is 0 Å². The number of anilines is 2. The van der Waals surface area contributed by atoms with Crippen molar-refractivity contribution >= 4 is 16.9 Å². The molecule has 1 aliphatic carbocycles. The summed E-state index contributed by atoms with van der Waals surface area (Å²) in [6, 6.07) is 38.7. The maximum Gasteiger partial charge on any atom is 0.0420 e. The van der Waals surface area contributed by atoms with E-state index < -0.39 is 0 Å². The van der Waals surface area contributed by atoms with Gasteiger partial charge in [0, 0.05) is 11.4 Å². The zero-order chi connectivity index (χ0) is 23.7. The summed E-state index contributed by atoms with van der Waals surface area (Å²) in [5.41, 5.74) is 10.4. The van der Waals surface area contributed by atoms with Gasteiger partial charge in [-0.25, -0.2) is 0 Å². The normalized spacial score (nSPS) is 17.3. The van der Waals surface area contributed by atoms with E-state index in [-0.39, 0.29) is 0 Å². The molecule has 4 aromatic carbocycles. The van der Waals surface area contributed by atoms with E-state index in [1.165, 1.54) is 33.4 Å². The van der Waals surface area contributed by atoms with Crippen LogP contribution in [0.15, 0.2) is 139 Å². The van der Waals surface area contributed by atoms with Crippen molar-refractivity contribution in [2.75, 3.05) is 5.32 Å². The van der Waals surface area contributed by atoms with Crippen LogP contribution < -0.4 is 5.32 Å². The van der Waals surface area contributed by atoms with Crippen molar-refractivity contribution in [3.63, 3.8) is 0 Å². The molecule has 1 nitrogen and oxygen atoms in total. The number of rotatable bonds is 7. The molecule has 0 spiro atoms. The van der Waals surface area contributed by atoms with Crippen molar-refractivity contribution in [2.24, 2.45) is 0 Å². The molecule has 0 unspecified atom stereocenters. The van der Waals surface area contributed by atoms with Gasteiger partial charge in [0.15, 0.2) is 0 Å². The predicted octanol–water partition coefficient (Wildman–Crippen LogP) is 8.92. The molecule has 0 aromatic heterocycles. The number of hydrogen-bond acceptors (Lipinski definition) is 1. The Labute approximate surface area is 209 Å². The van der Waals surface area contributed by atoms with Crippen molar-refractivity contribution in [3.05, 3.63) is 161 Å². The molecule has 1 aliphatic rings. The van der Waals surface area contributed by atoms with E-state index in [0.717, 1.165) is 37.1 Å². The Kier molecular flexibility index (Phi) is 7.36. The molecule has 0 aliphatic heterocycles. The van der Waals surface area contributed by atoms with Crippen molar-refractivity contribution in [2.45, 2.75) is 25.7 Å². The summed E-state index contributed by atoms with van der Waals surface area (Å²) in [7, 11) is 0. The highest BCUT2D eigenvalue weighted by atomic mass is 14.9. The van der Waals surface area contributed by atoms with Crippen molar-refractivity contribution in [3.8, 4) is 0 Å². The minimum atomic E-state index is 0.902. The molecular formula is C34H31N. The lowest BCUT2D eigenvalue weighted by Crippen LogP contribution is -1.98. The van der Waals surface area contributed by atoms with Crippen molar-refractivity contribution < 1.29 is 0 Å². The Morgan fingerprint density at radius 1 is 0.629 bits per heavy atom. The summed E-state index contributed by atoms with van der Waals surface area (Å²) in [6.45, 7) is 0. The van der Waals surface area contributed by atoms with Crippen LogP contribution in [0.4, 0.5) is 11.4 Å². The first-order valence-corrected chi connectivity index (χ1v) is 12.4. The van der Waals surface area contributed by atoms with Crippen LogP contribution in [0.1, 0.15) is 35.1 Å². The average molecular weight is 454 g/mol. The quantitative estimate of drug-likeness (QED) is 0.294. The van der Waals surface area contributed by atoms with Gasteiger partial charge < -0.3 is 5.32 Å². The van der Waals surface area contributed by atoms with Gasteiger partial charge in [-0.1, -0.05) is 115 Å². The molecule has 0 radical (unpaired) electrons. The van der Waals surface area contributed by atoms with Crippen LogP contribution >= 0.6 is 0 Å². The number of nitrogens with one attached hydrogen (secondary N) is 1. The summed E-state index contributed by atoms with van der Waals surface area (Å²) in [4.78, 5) is 0. The SMILES string of the molecule is C1=C\C(Cc2cccc(Cc3ccccc3Nc3ccccc3)c2)=C/C/C(c2ccccc2)=C\C/1. The second-order valence-corrected chi connectivity index (χ2v) is 9.04. The summed E-state index contributed by atoms with van der Waals surface area (Å²) < 4.78 is 0. The van der Waals surface area contributed by atoms with Gasteiger partial charge in [-0.15, -0.1) is 0 Å². The Hall–Kier alpha value is -4.10. The summed E-state index contributed by atoms with van der Waals surface area (Å²) in [5, 5.41) is 3.58. The molecule has 5 rings (SSSR count). The van der Waals surface area contributed by atoms with E-state index in [9.17, 15) is 0 Å². The average Bonchev–Trinajstić information content (AvgIpc) is 2.88. The zero-order valence-corrected chi connectivity index (χ0v) is 20.0. The van der Waals surface area contributed by atoms with Crippen LogP contribution in [0.3, 0.4) is 0 Å². The predicted molar refractivity (Wildman–Crippen MR) is 150 cm³/mol. The highest BCUT2D eigenvalue weighted by molar-refractivity contribution is 5.67. The van der Waals surface area contributed by atoms with E-state index in [4.69, 9.17) is 0 Å². The van der Waals surface area contributed by atoms with E-state index in [1.54, 1.807) is 0 Å². The van der Waals surface area contributed by atoms with Crippen LogP contribution in [0.5, 0.6) is 0 Å². The lowest BCUT2D eigenvalue weighted by atomic mass is 9.94. The fourth-order valence-electron chi connectivity index (χ4n) is 4.62. The Morgan fingerprint density at radius 3 is 2.17 bits per heavy atom. The largest absolute Gasteiger partial charge is 0.355 e. The molecular weight excluding hydrogens is 422 g/mol. The molecule has 4 aromatic rings. The minimum Gasteiger partial charge on any atom is -0.355 e. The third-order valence-electron chi connectivity index (χ3n) is 6.43. The van der Waals surface area contributed by atoms with E-state index in [0.29, 0.717) is 0 Å². The lowest BCUT2D eigenvalue weighted by molar-refractivity contribution is 1.12. The molecule has 172 valence electrons. The highest BCUT2D eigenvalue weighted by Crippen LogP contribution is 2.26. The molecule has 0 heterocycles. The number of allylic oxidation sites excluding steroid dienone is 6. The maximum absolute atomic E-state index is 3.58. The second kappa shape index (κ2) is 11.4. The van der Waals surface area contributed by atoms with Crippen molar-refractivity contribution in [1.82, 2.24) is 0 Å². The first kappa shape index (κ1) is 22.7. The van der Waals surface area contributed by atoms with Gasteiger partial charge in [-0.2, -0.15) is 0 Å². The number of hydrogen-bond donors (Lipinski definition) is 1. The van der Waals surface area contributed by atoms with E-state index in [2.05, 4.69) is 133 Å². The van der Waals surface area contributed by atoms with Gasteiger partial charge in [0.2, 0.25) is 0 Å². The highest BCUT2D eigenvalue weighted by Gasteiger charge is 2.07. The maximum atomic E-state index is 3.58. The van der Waals surface area contributed by atoms with Crippen LogP contribution in [-0.4, -0.2) is 0 Å². The van der Waals surface area contributed by atoms with Crippen LogP contribution in [0, 0.1) is 0 Å². The van der Waals surface area contributed by atoms with Gasteiger partial charge in [-0.05, 0) is 77.3 Å². The molecule has 1 heteroatoms. The summed E-state index contributed by atoms with van der Waals surface area (Å²) >= 11 is 0. The first-order valence-electron chi connectivity index (χ1n) is 12.4. The fraction of sp³-hybridized carbons (Fsp3) is 0.118. The monoisotopic (exact) mass is 453 g/mol. The fourth-order valence-corrected chi connectivity index (χ4v) is 4.62. The first-order chi connectivity index (χ1) is 17.3. The van der Waals surface area contributed by atoms with Gasteiger partial charge >= 0.3 is 0 Å². The topological polar surface area (TPSA) is 12.0 Å². The minimum absolute atomic E-state index is 0.902. The molecule has 0 bridgehead atoms. The molecule has 0 saturated heterocycles. The Bertz CT molecular complexity index is 1340. The lowest BCUT2D eigenvalue weighted by Gasteiger charge is -2.13. The smallest absolute Gasteiger partial charge is 0.0420 e.